The molecule has 2 unspecified atom stereocenters. The zero-order valence-corrected chi connectivity index (χ0v) is 11.4. The van der Waals surface area contributed by atoms with Gasteiger partial charge in [-0.15, -0.1) is 0 Å². The van der Waals surface area contributed by atoms with Crippen molar-refractivity contribution in [2.45, 2.75) is 38.1 Å². The van der Waals surface area contributed by atoms with Crippen molar-refractivity contribution in [2.24, 2.45) is 0 Å². The Morgan fingerprint density at radius 1 is 1.40 bits per heavy atom. The monoisotopic (exact) mass is 278 g/mol. The zero-order valence-electron chi connectivity index (χ0n) is 11.4. The highest BCUT2D eigenvalue weighted by molar-refractivity contribution is 5.65. The van der Waals surface area contributed by atoms with Crippen LogP contribution in [0.15, 0.2) is 18.2 Å². The number of morpholine rings is 1. The molecule has 2 aliphatic heterocycles. The molecular weight excluding hydrogens is 260 g/mol. The summed E-state index contributed by atoms with van der Waals surface area (Å²) in [7, 11) is 0. The van der Waals surface area contributed by atoms with Gasteiger partial charge in [-0.25, -0.2) is 0 Å². The van der Waals surface area contributed by atoms with Gasteiger partial charge in [-0.1, -0.05) is 6.07 Å². The van der Waals surface area contributed by atoms with Crippen LogP contribution in [0.5, 0.6) is 0 Å². The van der Waals surface area contributed by atoms with Gasteiger partial charge in [0.25, 0.3) is 5.69 Å². The zero-order chi connectivity index (χ0) is 14.3. The summed E-state index contributed by atoms with van der Waals surface area (Å²) < 4.78 is 5.76. The van der Waals surface area contributed by atoms with Gasteiger partial charge in [-0.05, 0) is 31.4 Å². The molecule has 3 rings (SSSR count). The number of aliphatic hydroxyl groups is 1. The number of aliphatic hydroxyl groups excluding tert-OH is 1. The van der Waals surface area contributed by atoms with Crippen molar-refractivity contribution < 1.29 is 14.8 Å². The standard InChI is InChI=1S/C14H18N2O4/c1-9(17)10-2-5-13(14(6-10)16(18)19)15-7-11-3-4-12(8-15)20-11/h2,5-6,9,11-12,17H,3-4,7-8H2,1H3/t9-,11?,12?/m1/s1. The highest BCUT2D eigenvalue weighted by Gasteiger charge is 2.35. The van der Waals surface area contributed by atoms with Crippen molar-refractivity contribution in [3.63, 3.8) is 0 Å². The third-order valence-corrected chi connectivity index (χ3v) is 4.06. The largest absolute Gasteiger partial charge is 0.389 e. The molecule has 2 fully saturated rings. The van der Waals surface area contributed by atoms with Crippen molar-refractivity contribution in [3.8, 4) is 0 Å². The van der Waals surface area contributed by atoms with Crippen molar-refractivity contribution in [3.05, 3.63) is 33.9 Å². The molecule has 0 spiro atoms. The van der Waals surface area contributed by atoms with Gasteiger partial charge in [0.15, 0.2) is 0 Å². The number of nitro benzene ring substituents is 1. The first kappa shape index (κ1) is 13.3. The lowest BCUT2D eigenvalue weighted by atomic mass is 10.1. The Labute approximate surface area is 117 Å². The van der Waals surface area contributed by atoms with Gasteiger partial charge in [-0.2, -0.15) is 0 Å². The molecule has 3 atom stereocenters. The Hall–Kier alpha value is -1.66. The van der Waals surface area contributed by atoms with E-state index in [-0.39, 0.29) is 22.8 Å². The van der Waals surface area contributed by atoms with Crippen LogP contribution in [0.4, 0.5) is 11.4 Å². The Balaban J connectivity index is 1.94. The van der Waals surface area contributed by atoms with E-state index in [4.69, 9.17) is 4.74 Å². The van der Waals surface area contributed by atoms with E-state index in [9.17, 15) is 15.2 Å². The van der Waals surface area contributed by atoms with Gasteiger partial charge in [-0.3, -0.25) is 10.1 Å². The maximum Gasteiger partial charge on any atom is 0.292 e. The summed E-state index contributed by atoms with van der Waals surface area (Å²) in [4.78, 5) is 12.9. The molecule has 6 heteroatoms. The molecule has 1 aromatic rings. The van der Waals surface area contributed by atoms with Crippen LogP contribution in [0.2, 0.25) is 0 Å². The minimum atomic E-state index is -0.705. The first-order valence-electron chi connectivity index (χ1n) is 6.91. The Kier molecular flexibility index (Phi) is 3.35. The maximum absolute atomic E-state index is 11.3. The molecule has 0 aromatic heterocycles. The SMILES string of the molecule is C[C@@H](O)c1ccc(N2CC3CCC(C2)O3)c([N+](=O)[O-])c1. The topological polar surface area (TPSA) is 75.8 Å². The Bertz CT molecular complexity index is 520. The second kappa shape index (κ2) is 5.03. The van der Waals surface area contributed by atoms with E-state index in [0.717, 1.165) is 12.8 Å². The summed E-state index contributed by atoms with van der Waals surface area (Å²) in [5, 5.41) is 20.9. The molecule has 1 aromatic carbocycles. The molecule has 1 N–H and O–H groups in total. The highest BCUT2D eigenvalue weighted by atomic mass is 16.6. The van der Waals surface area contributed by atoms with Gasteiger partial charge in [0.1, 0.15) is 5.69 Å². The Morgan fingerprint density at radius 3 is 2.60 bits per heavy atom. The van der Waals surface area contributed by atoms with Crippen LogP contribution in [-0.4, -0.2) is 35.3 Å². The van der Waals surface area contributed by atoms with E-state index in [0.29, 0.717) is 24.3 Å². The second-order valence-electron chi connectivity index (χ2n) is 5.54. The fourth-order valence-electron chi connectivity index (χ4n) is 3.03. The first-order chi connectivity index (χ1) is 9.54. The summed E-state index contributed by atoms with van der Waals surface area (Å²) in [6, 6.07) is 4.96. The van der Waals surface area contributed by atoms with Crippen LogP contribution in [0.25, 0.3) is 0 Å². The predicted octanol–water partition coefficient (Wildman–Crippen LogP) is 2.02. The van der Waals surface area contributed by atoms with Crippen LogP contribution in [0.1, 0.15) is 31.4 Å². The predicted molar refractivity (Wildman–Crippen MR) is 73.8 cm³/mol. The lowest BCUT2D eigenvalue weighted by Crippen LogP contribution is -2.42. The summed E-state index contributed by atoms with van der Waals surface area (Å²) in [6.45, 7) is 3.00. The van der Waals surface area contributed by atoms with Crippen molar-refractivity contribution in [2.75, 3.05) is 18.0 Å². The van der Waals surface area contributed by atoms with Crippen LogP contribution in [0.3, 0.4) is 0 Å². The highest BCUT2D eigenvalue weighted by Crippen LogP contribution is 2.35. The van der Waals surface area contributed by atoms with E-state index < -0.39 is 6.10 Å². The van der Waals surface area contributed by atoms with Crippen molar-refractivity contribution >= 4 is 11.4 Å². The second-order valence-corrected chi connectivity index (χ2v) is 5.54. The summed E-state index contributed by atoms with van der Waals surface area (Å²) in [6.07, 6.45) is 1.72. The van der Waals surface area contributed by atoms with Crippen LogP contribution in [0, 0.1) is 10.1 Å². The van der Waals surface area contributed by atoms with Crippen LogP contribution in [-0.2, 0) is 4.74 Å². The average Bonchev–Trinajstić information content (AvgIpc) is 2.76. The molecule has 0 amide bonds. The molecule has 6 nitrogen and oxygen atoms in total. The van der Waals surface area contributed by atoms with Gasteiger partial charge in [0, 0.05) is 19.2 Å². The van der Waals surface area contributed by atoms with E-state index >= 15 is 0 Å². The fourth-order valence-corrected chi connectivity index (χ4v) is 3.03. The number of fused-ring (bicyclic) bond motifs is 2. The van der Waals surface area contributed by atoms with E-state index in [1.807, 2.05) is 4.90 Å². The lowest BCUT2D eigenvalue weighted by molar-refractivity contribution is -0.384. The number of rotatable bonds is 3. The smallest absolute Gasteiger partial charge is 0.292 e. The van der Waals surface area contributed by atoms with E-state index in [1.54, 1.807) is 19.1 Å². The maximum atomic E-state index is 11.3. The molecule has 108 valence electrons. The molecule has 0 radical (unpaired) electrons. The lowest BCUT2D eigenvalue weighted by Gasteiger charge is -2.33. The molecule has 2 saturated heterocycles. The quantitative estimate of drug-likeness (QED) is 0.676. The van der Waals surface area contributed by atoms with Gasteiger partial charge in [0.05, 0.1) is 23.2 Å². The number of hydrogen-bond acceptors (Lipinski definition) is 5. The normalized spacial score (nSPS) is 26.6. The minimum Gasteiger partial charge on any atom is -0.389 e. The molecule has 2 bridgehead atoms. The van der Waals surface area contributed by atoms with Crippen molar-refractivity contribution in [1.29, 1.82) is 0 Å². The molecule has 0 aliphatic carbocycles. The number of nitro groups is 1. The number of ether oxygens (including phenoxy) is 1. The third-order valence-electron chi connectivity index (χ3n) is 4.06. The number of hydrogen-bond donors (Lipinski definition) is 1. The number of benzene rings is 1. The van der Waals surface area contributed by atoms with Gasteiger partial charge >= 0.3 is 0 Å². The molecule has 20 heavy (non-hydrogen) atoms. The minimum absolute atomic E-state index is 0.0599. The van der Waals surface area contributed by atoms with E-state index in [1.165, 1.54) is 6.07 Å². The average molecular weight is 278 g/mol. The third kappa shape index (κ3) is 2.36. The van der Waals surface area contributed by atoms with Gasteiger partial charge in [0.2, 0.25) is 0 Å². The Morgan fingerprint density at radius 2 is 2.05 bits per heavy atom. The molecular formula is C14H18N2O4. The fraction of sp³-hybridized carbons (Fsp3) is 0.571. The first-order valence-corrected chi connectivity index (χ1v) is 6.91. The number of anilines is 1. The molecule has 2 heterocycles. The molecule has 2 aliphatic rings. The van der Waals surface area contributed by atoms with Crippen LogP contribution < -0.4 is 4.90 Å². The summed E-state index contributed by atoms with van der Waals surface area (Å²) in [5.74, 6) is 0. The summed E-state index contributed by atoms with van der Waals surface area (Å²) in [5.41, 5.74) is 1.25. The van der Waals surface area contributed by atoms with Gasteiger partial charge < -0.3 is 14.7 Å². The molecule has 0 saturated carbocycles. The van der Waals surface area contributed by atoms with Crippen molar-refractivity contribution in [1.82, 2.24) is 0 Å². The summed E-state index contributed by atoms with van der Waals surface area (Å²) >= 11 is 0. The van der Waals surface area contributed by atoms with E-state index in [2.05, 4.69) is 0 Å². The van der Waals surface area contributed by atoms with Crippen LogP contribution >= 0.6 is 0 Å². The number of nitrogens with zero attached hydrogens (tertiary/aromatic N) is 2.